The molecule has 1 amide bonds. The molecule has 0 bridgehead atoms. The van der Waals surface area contributed by atoms with Gasteiger partial charge in [-0.3, -0.25) is 14.2 Å². The highest BCUT2D eigenvalue weighted by atomic mass is 79.9. The molecule has 0 aliphatic heterocycles. The van der Waals surface area contributed by atoms with E-state index < -0.39 is 35.3 Å². The van der Waals surface area contributed by atoms with Gasteiger partial charge in [0, 0.05) is 23.3 Å². The number of nitriles is 1. The fourth-order valence-electron chi connectivity index (χ4n) is 2.08. The van der Waals surface area contributed by atoms with Crippen LogP contribution in [0.2, 0.25) is 0 Å². The van der Waals surface area contributed by atoms with Crippen molar-refractivity contribution in [2.45, 2.75) is 20.0 Å². The second-order valence-electron chi connectivity index (χ2n) is 4.91. The molecule has 1 N–H and O–H groups in total. The van der Waals surface area contributed by atoms with E-state index in [-0.39, 0.29) is 22.3 Å². The number of hydrogen-bond donors (Lipinski definition) is 1. The zero-order valence-electron chi connectivity index (χ0n) is 12.8. The number of halogens is 3. The molecular weight excluding hydrogens is 402 g/mol. The summed E-state index contributed by atoms with van der Waals surface area (Å²) in [6.45, 7) is 1.09. The van der Waals surface area contributed by atoms with Crippen molar-refractivity contribution in [1.29, 1.82) is 5.26 Å². The molecule has 2 aromatic rings. The fourth-order valence-corrected chi connectivity index (χ4v) is 2.59. The Morgan fingerprint density at radius 1 is 1.36 bits per heavy atom. The zero-order valence-corrected chi connectivity index (χ0v) is 14.4. The van der Waals surface area contributed by atoms with Crippen molar-refractivity contribution in [3.63, 3.8) is 0 Å². The maximum atomic E-state index is 13.7. The lowest BCUT2D eigenvalue weighted by Gasteiger charge is -2.11. The van der Waals surface area contributed by atoms with E-state index >= 15 is 0 Å². The highest BCUT2D eigenvalue weighted by Crippen LogP contribution is 2.26. The van der Waals surface area contributed by atoms with Gasteiger partial charge in [-0.05, 0) is 28.9 Å². The Morgan fingerprint density at radius 2 is 2.04 bits per heavy atom. The summed E-state index contributed by atoms with van der Waals surface area (Å²) in [4.78, 5) is 36.3. The van der Waals surface area contributed by atoms with Crippen molar-refractivity contribution in [2.24, 2.45) is 0 Å². The second kappa shape index (κ2) is 7.40. The van der Waals surface area contributed by atoms with Crippen LogP contribution in [0, 0.1) is 23.0 Å². The Hall–Kier alpha value is -2.80. The third-order valence-electron chi connectivity index (χ3n) is 3.27. The van der Waals surface area contributed by atoms with Crippen LogP contribution in [0.4, 0.5) is 14.5 Å². The van der Waals surface area contributed by atoms with Crippen LogP contribution < -0.4 is 16.6 Å². The number of carbonyl (C=O) groups is 1. The van der Waals surface area contributed by atoms with Crippen LogP contribution in [0.1, 0.15) is 12.5 Å². The summed E-state index contributed by atoms with van der Waals surface area (Å²) >= 11 is 2.91. The summed E-state index contributed by atoms with van der Waals surface area (Å²) in [5.41, 5.74) is -2.33. The van der Waals surface area contributed by atoms with Crippen molar-refractivity contribution in [1.82, 2.24) is 9.13 Å². The Bertz CT molecular complexity index is 984. The van der Waals surface area contributed by atoms with Crippen LogP contribution >= 0.6 is 15.9 Å². The number of aryl methyl sites for hydroxylation is 1. The van der Waals surface area contributed by atoms with Gasteiger partial charge in [0.2, 0.25) is 5.91 Å². The number of carbonyl (C=O) groups excluding carboxylic acids is 1. The van der Waals surface area contributed by atoms with E-state index in [1.165, 1.54) is 0 Å². The first-order valence-corrected chi connectivity index (χ1v) is 7.76. The minimum atomic E-state index is -1.02. The first-order valence-electron chi connectivity index (χ1n) is 6.97. The van der Waals surface area contributed by atoms with Gasteiger partial charge in [-0.15, -0.1) is 0 Å². The Kier molecular flexibility index (Phi) is 5.48. The van der Waals surface area contributed by atoms with Crippen LogP contribution in [0.25, 0.3) is 0 Å². The molecule has 1 aromatic carbocycles. The SMILES string of the molecule is CCn1cc(C#N)c(=O)n(CC(=O)Nc2c(F)cc(F)cc2Br)c1=O. The van der Waals surface area contributed by atoms with Gasteiger partial charge in [0.1, 0.15) is 24.0 Å². The Labute approximate surface area is 148 Å². The summed E-state index contributed by atoms with van der Waals surface area (Å²) < 4.78 is 28.4. The average molecular weight is 413 g/mol. The Morgan fingerprint density at radius 3 is 2.60 bits per heavy atom. The van der Waals surface area contributed by atoms with Crippen molar-refractivity contribution < 1.29 is 13.6 Å². The van der Waals surface area contributed by atoms with E-state index in [2.05, 4.69) is 21.2 Å². The van der Waals surface area contributed by atoms with E-state index in [4.69, 9.17) is 5.26 Å². The maximum Gasteiger partial charge on any atom is 0.331 e. The highest BCUT2D eigenvalue weighted by Gasteiger charge is 2.17. The number of amides is 1. The zero-order chi connectivity index (χ0) is 18.7. The predicted octanol–water partition coefficient (Wildman–Crippen LogP) is 1.58. The van der Waals surface area contributed by atoms with Gasteiger partial charge in [-0.25, -0.2) is 18.1 Å². The lowest BCUT2D eigenvalue weighted by molar-refractivity contribution is -0.116. The third-order valence-corrected chi connectivity index (χ3v) is 3.90. The number of aromatic nitrogens is 2. The molecule has 0 saturated heterocycles. The normalized spacial score (nSPS) is 10.4. The molecule has 2 rings (SSSR count). The van der Waals surface area contributed by atoms with Crippen LogP contribution in [-0.2, 0) is 17.9 Å². The minimum absolute atomic E-state index is 0.0394. The number of nitrogens with zero attached hydrogens (tertiary/aromatic N) is 3. The molecule has 0 fully saturated rings. The van der Waals surface area contributed by atoms with Gasteiger partial charge in [0.15, 0.2) is 5.82 Å². The molecule has 0 unspecified atom stereocenters. The van der Waals surface area contributed by atoms with Gasteiger partial charge in [-0.2, -0.15) is 5.26 Å². The highest BCUT2D eigenvalue weighted by molar-refractivity contribution is 9.10. The number of benzene rings is 1. The Balaban J connectivity index is 2.38. The van der Waals surface area contributed by atoms with E-state index in [0.29, 0.717) is 10.6 Å². The van der Waals surface area contributed by atoms with Gasteiger partial charge >= 0.3 is 5.69 Å². The standard InChI is InChI=1S/C15H11BrF2N4O3/c1-2-21-6-8(5-19)14(24)22(15(21)25)7-12(23)20-13-10(16)3-9(17)4-11(13)18/h3-4,6H,2,7H2,1H3,(H,20,23). The van der Waals surface area contributed by atoms with Gasteiger partial charge in [0.05, 0.1) is 5.69 Å². The number of anilines is 1. The first kappa shape index (κ1) is 18.5. The molecule has 7 nitrogen and oxygen atoms in total. The smallest absolute Gasteiger partial charge is 0.321 e. The summed E-state index contributed by atoms with van der Waals surface area (Å²) in [5, 5.41) is 11.1. The molecule has 0 aliphatic rings. The predicted molar refractivity (Wildman–Crippen MR) is 88.0 cm³/mol. The quantitative estimate of drug-likeness (QED) is 0.823. The summed E-state index contributed by atoms with van der Waals surface area (Å²) in [6.07, 6.45) is 1.11. The molecular formula is C15H11BrF2N4O3. The van der Waals surface area contributed by atoms with Gasteiger partial charge in [-0.1, -0.05) is 0 Å². The molecule has 10 heteroatoms. The first-order chi connectivity index (χ1) is 11.8. The number of nitrogens with one attached hydrogen (secondary N) is 1. The molecule has 0 spiro atoms. The van der Waals surface area contributed by atoms with Crippen LogP contribution in [0.15, 0.2) is 32.4 Å². The number of rotatable bonds is 4. The molecule has 0 atom stereocenters. The largest absolute Gasteiger partial charge is 0.331 e. The van der Waals surface area contributed by atoms with Gasteiger partial charge in [0.25, 0.3) is 5.56 Å². The van der Waals surface area contributed by atoms with Crippen LogP contribution in [0.3, 0.4) is 0 Å². The summed E-state index contributed by atoms with van der Waals surface area (Å²) in [7, 11) is 0. The van der Waals surface area contributed by atoms with E-state index in [0.717, 1.165) is 16.8 Å². The van der Waals surface area contributed by atoms with Crippen molar-refractivity contribution in [2.75, 3.05) is 5.32 Å². The molecule has 130 valence electrons. The topological polar surface area (TPSA) is 96.9 Å². The molecule has 1 heterocycles. The van der Waals surface area contributed by atoms with Crippen molar-refractivity contribution in [3.8, 4) is 6.07 Å². The monoisotopic (exact) mass is 412 g/mol. The summed E-state index contributed by atoms with van der Waals surface area (Å²) in [6, 6.07) is 3.18. The average Bonchev–Trinajstić information content (AvgIpc) is 2.55. The van der Waals surface area contributed by atoms with Crippen LogP contribution in [-0.4, -0.2) is 15.0 Å². The van der Waals surface area contributed by atoms with Gasteiger partial charge < -0.3 is 5.32 Å². The molecule has 0 saturated carbocycles. The second-order valence-corrected chi connectivity index (χ2v) is 5.76. The lowest BCUT2D eigenvalue weighted by Crippen LogP contribution is -2.43. The molecule has 1 aromatic heterocycles. The maximum absolute atomic E-state index is 13.7. The third kappa shape index (κ3) is 3.83. The van der Waals surface area contributed by atoms with E-state index in [1.54, 1.807) is 13.0 Å². The van der Waals surface area contributed by atoms with Crippen LogP contribution in [0.5, 0.6) is 0 Å². The van der Waals surface area contributed by atoms with Crippen molar-refractivity contribution in [3.05, 3.63) is 60.8 Å². The summed E-state index contributed by atoms with van der Waals surface area (Å²) in [5.74, 6) is -2.75. The molecule has 0 aliphatic carbocycles. The fraction of sp³-hybridized carbons (Fsp3) is 0.200. The van der Waals surface area contributed by atoms with Crippen molar-refractivity contribution >= 4 is 27.5 Å². The molecule has 25 heavy (non-hydrogen) atoms. The minimum Gasteiger partial charge on any atom is -0.321 e. The molecule has 0 radical (unpaired) electrons. The van der Waals surface area contributed by atoms with E-state index in [1.807, 2.05) is 0 Å². The number of hydrogen-bond acceptors (Lipinski definition) is 4. The van der Waals surface area contributed by atoms with E-state index in [9.17, 15) is 23.2 Å². The lowest BCUT2D eigenvalue weighted by atomic mass is 10.3.